The molecule has 0 fully saturated rings. The van der Waals surface area contributed by atoms with Crippen molar-refractivity contribution in [3.8, 4) is 11.5 Å². The number of hydrogen-bond acceptors (Lipinski definition) is 5. The summed E-state index contributed by atoms with van der Waals surface area (Å²) in [7, 11) is 0. The Kier molecular flexibility index (Phi) is 7.45. The molecule has 26 heavy (non-hydrogen) atoms. The predicted molar refractivity (Wildman–Crippen MR) is 99.8 cm³/mol. The van der Waals surface area contributed by atoms with E-state index in [1.54, 1.807) is 31.2 Å². The molecule has 0 saturated heterocycles. The van der Waals surface area contributed by atoms with Crippen LogP contribution in [0.25, 0.3) is 0 Å². The zero-order chi connectivity index (χ0) is 19.1. The van der Waals surface area contributed by atoms with Crippen LogP contribution in [-0.2, 0) is 13.2 Å². The Hall–Kier alpha value is -2.08. The van der Waals surface area contributed by atoms with Gasteiger partial charge in [0.05, 0.1) is 24.8 Å². The number of carbonyl (C=O) groups excluding carboxylic acids is 1. The van der Waals surface area contributed by atoms with E-state index in [0.29, 0.717) is 29.0 Å². The van der Waals surface area contributed by atoms with Crippen molar-refractivity contribution in [1.82, 2.24) is 0 Å². The highest BCUT2D eigenvalue weighted by Crippen LogP contribution is 2.38. The first kappa shape index (κ1) is 20.2. The van der Waals surface area contributed by atoms with Crippen LogP contribution in [0.4, 0.5) is 0 Å². The molecule has 2 aromatic rings. The molecule has 0 bridgehead atoms. The SMILES string of the molecule is CCCCOc1c(CO)c(CO)c(Cl)c(C)c1C(=O)Oc1ccccc1. The van der Waals surface area contributed by atoms with Crippen molar-refractivity contribution in [3.63, 3.8) is 0 Å². The van der Waals surface area contributed by atoms with Crippen LogP contribution in [0.15, 0.2) is 30.3 Å². The molecule has 0 aliphatic carbocycles. The lowest BCUT2D eigenvalue weighted by Gasteiger charge is -2.20. The van der Waals surface area contributed by atoms with Crippen LogP contribution in [0, 0.1) is 6.92 Å². The largest absolute Gasteiger partial charge is 0.492 e. The molecule has 6 heteroatoms. The number of benzene rings is 2. The third-order valence-electron chi connectivity index (χ3n) is 4.05. The van der Waals surface area contributed by atoms with Gasteiger partial charge in [0, 0.05) is 11.1 Å². The van der Waals surface area contributed by atoms with Gasteiger partial charge < -0.3 is 19.7 Å². The van der Waals surface area contributed by atoms with Crippen LogP contribution in [0.2, 0.25) is 5.02 Å². The summed E-state index contributed by atoms with van der Waals surface area (Å²) in [5, 5.41) is 19.7. The van der Waals surface area contributed by atoms with Crippen LogP contribution in [-0.4, -0.2) is 22.8 Å². The molecule has 140 valence electrons. The smallest absolute Gasteiger partial charge is 0.347 e. The van der Waals surface area contributed by atoms with Crippen molar-refractivity contribution in [2.45, 2.75) is 39.9 Å². The summed E-state index contributed by atoms with van der Waals surface area (Å²) in [4.78, 5) is 12.8. The van der Waals surface area contributed by atoms with Crippen molar-refractivity contribution in [2.75, 3.05) is 6.61 Å². The first-order valence-corrected chi connectivity index (χ1v) is 8.88. The summed E-state index contributed by atoms with van der Waals surface area (Å²) in [6.07, 6.45) is 1.70. The summed E-state index contributed by atoms with van der Waals surface area (Å²) in [5.74, 6) is -0.0153. The Morgan fingerprint density at radius 3 is 2.35 bits per heavy atom. The average Bonchev–Trinajstić information content (AvgIpc) is 2.65. The van der Waals surface area contributed by atoms with Gasteiger partial charge in [-0.05, 0) is 31.0 Å². The van der Waals surface area contributed by atoms with E-state index in [4.69, 9.17) is 21.1 Å². The lowest BCUT2D eigenvalue weighted by molar-refractivity contribution is 0.0728. The van der Waals surface area contributed by atoms with Gasteiger partial charge in [0.15, 0.2) is 0 Å². The summed E-state index contributed by atoms with van der Waals surface area (Å²) in [6, 6.07) is 8.67. The quantitative estimate of drug-likeness (QED) is 0.412. The van der Waals surface area contributed by atoms with Gasteiger partial charge in [-0.3, -0.25) is 0 Å². The third kappa shape index (κ3) is 4.36. The second-order valence-corrected chi connectivity index (χ2v) is 6.20. The zero-order valence-corrected chi connectivity index (χ0v) is 15.7. The molecule has 0 radical (unpaired) electrons. The maximum absolute atomic E-state index is 12.8. The van der Waals surface area contributed by atoms with Gasteiger partial charge in [-0.1, -0.05) is 43.1 Å². The number of aliphatic hydroxyl groups excluding tert-OH is 2. The number of halogens is 1. The van der Waals surface area contributed by atoms with E-state index in [0.717, 1.165) is 12.8 Å². The van der Waals surface area contributed by atoms with E-state index >= 15 is 0 Å². The highest BCUT2D eigenvalue weighted by Gasteiger charge is 2.27. The molecule has 0 unspecified atom stereocenters. The molecule has 0 aliphatic rings. The highest BCUT2D eigenvalue weighted by atomic mass is 35.5. The average molecular weight is 379 g/mol. The van der Waals surface area contributed by atoms with Crippen LogP contribution in [0.3, 0.4) is 0 Å². The monoisotopic (exact) mass is 378 g/mol. The van der Waals surface area contributed by atoms with Gasteiger partial charge in [-0.2, -0.15) is 0 Å². The highest BCUT2D eigenvalue weighted by molar-refractivity contribution is 6.33. The topological polar surface area (TPSA) is 76.0 Å². The maximum atomic E-state index is 12.8. The Bertz CT molecular complexity index is 759. The number of rotatable bonds is 8. The van der Waals surface area contributed by atoms with E-state index in [1.807, 2.05) is 13.0 Å². The fraction of sp³-hybridized carbons (Fsp3) is 0.350. The third-order valence-corrected chi connectivity index (χ3v) is 4.56. The molecule has 0 atom stereocenters. The summed E-state index contributed by atoms with van der Waals surface area (Å²) < 4.78 is 11.2. The van der Waals surface area contributed by atoms with E-state index in [2.05, 4.69) is 0 Å². The standard InChI is InChI=1S/C20H23ClO5/c1-3-4-10-25-19-16(12-23)15(11-22)18(21)13(2)17(19)20(24)26-14-8-6-5-7-9-14/h5-9,22-23H,3-4,10-12H2,1-2H3. The summed E-state index contributed by atoms with van der Waals surface area (Å²) in [6.45, 7) is 3.28. The zero-order valence-electron chi connectivity index (χ0n) is 14.9. The maximum Gasteiger partial charge on any atom is 0.347 e. The van der Waals surface area contributed by atoms with Crippen LogP contribution in [0.1, 0.15) is 46.8 Å². The van der Waals surface area contributed by atoms with Gasteiger partial charge in [-0.25, -0.2) is 4.79 Å². The second-order valence-electron chi connectivity index (χ2n) is 5.82. The number of esters is 1. The summed E-state index contributed by atoms with van der Waals surface area (Å²) >= 11 is 6.33. The predicted octanol–water partition coefficient (Wildman–Crippen LogP) is 4.03. The van der Waals surface area contributed by atoms with Gasteiger partial charge in [0.2, 0.25) is 0 Å². The van der Waals surface area contributed by atoms with Crippen molar-refractivity contribution in [3.05, 3.63) is 57.6 Å². The molecule has 0 saturated carbocycles. The van der Waals surface area contributed by atoms with Crippen molar-refractivity contribution in [1.29, 1.82) is 0 Å². The van der Waals surface area contributed by atoms with Gasteiger partial charge >= 0.3 is 5.97 Å². The molecule has 2 aromatic carbocycles. The van der Waals surface area contributed by atoms with Gasteiger partial charge in [0.1, 0.15) is 17.1 Å². The number of para-hydroxylation sites is 1. The minimum absolute atomic E-state index is 0.163. The van der Waals surface area contributed by atoms with Crippen molar-refractivity contribution < 1.29 is 24.5 Å². The molecule has 0 aromatic heterocycles. The van der Waals surface area contributed by atoms with Gasteiger partial charge in [0.25, 0.3) is 0 Å². The van der Waals surface area contributed by atoms with E-state index in [-0.39, 0.29) is 22.9 Å². The number of aliphatic hydroxyl groups is 2. The first-order chi connectivity index (χ1) is 12.5. The Labute approximate surface area is 158 Å². The van der Waals surface area contributed by atoms with Gasteiger partial charge in [-0.15, -0.1) is 0 Å². The van der Waals surface area contributed by atoms with E-state index in [9.17, 15) is 15.0 Å². The van der Waals surface area contributed by atoms with E-state index in [1.165, 1.54) is 0 Å². The molecule has 0 aliphatic heterocycles. The molecule has 2 N–H and O–H groups in total. The Morgan fingerprint density at radius 1 is 1.12 bits per heavy atom. The summed E-state index contributed by atoms with van der Waals surface area (Å²) in [5.41, 5.74) is 1.27. The van der Waals surface area contributed by atoms with Crippen LogP contribution in [0.5, 0.6) is 11.5 Å². The minimum Gasteiger partial charge on any atom is -0.492 e. The Balaban J connectivity index is 2.53. The molecule has 2 rings (SSSR count). The lowest BCUT2D eigenvalue weighted by atomic mass is 9.97. The molecular formula is C20H23ClO5. The molecule has 0 amide bonds. The van der Waals surface area contributed by atoms with Crippen molar-refractivity contribution >= 4 is 17.6 Å². The second kappa shape index (κ2) is 9.57. The van der Waals surface area contributed by atoms with Crippen molar-refractivity contribution in [2.24, 2.45) is 0 Å². The van der Waals surface area contributed by atoms with E-state index < -0.39 is 12.6 Å². The fourth-order valence-corrected chi connectivity index (χ4v) is 2.90. The normalized spacial score (nSPS) is 10.7. The Morgan fingerprint density at radius 2 is 1.77 bits per heavy atom. The first-order valence-electron chi connectivity index (χ1n) is 8.50. The number of carbonyl (C=O) groups is 1. The van der Waals surface area contributed by atoms with Crippen LogP contribution >= 0.6 is 11.6 Å². The molecular weight excluding hydrogens is 356 g/mol. The van der Waals surface area contributed by atoms with Crippen LogP contribution < -0.4 is 9.47 Å². The number of unbranched alkanes of at least 4 members (excludes halogenated alkanes) is 1. The minimum atomic E-state index is -0.624. The lowest BCUT2D eigenvalue weighted by Crippen LogP contribution is -2.17. The molecule has 0 heterocycles. The molecule has 5 nitrogen and oxygen atoms in total. The fourth-order valence-electron chi connectivity index (χ4n) is 2.63. The number of ether oxygens (including phenoxy) is 2. The molecule has 0 spiro atoms. The number of hydrogen-bond donors (Lipinski definition) is 2.